The lowest BCUT2D eigenvalue weighted by molar-refractivity contribution is -0.137. The van der Waals surface area contributed by atoms with Crippen LogP contribution in [0.4, 0.5) is 13.2 Å². The van der Waals surface area contributed by atoms with E-state index in [9.17, 15) is 18.0 Å². The van der Waals surface area contributed by atoms with E-state index in [2.05, 4.69) is 31.3 Å². The van der Waals surface area contributed by atoms with Crippen LogP contribution in [0.15, 0.2) is 48.5 Å². The third-order valence-corrected chi connectivity index (χ3v) is 3.80. The van der Waals surface area contributed by atoms with Crippen LogP contribution in [0.3, 0.4) is 0 Å². The second-order valence-electron chi connectivity index (χ2n) is 5.98. The van der Waals surface area contributed by atoms with E-state index in [0.717, 1.165) is 17.7 Å². The molecule has 0 spiro atoms. The molecule has 128 valence electrons. The van der Waals surface area contributed by atoms with Crippen molar-refractivity contribution in [1.29, 1.82) is 0 Å². The van der Waals surface area contributed by atoms with E-state index in [0.29, 0.717) is 18.9 Å². The highest BCUT2D eigenvalue weighted by Gasteiger charge is 2.30. The van der Waals surface area contributed by atoms with E-state index in [-0.39, 0.29) is 5.56 Å². The second-order valence-corrected chi connectivity index (χ2v) is 5.98. The third-order valence-electron chi connectivity index (χ3n) is 3.80. The Morgan fingerprint density at radius 1 is 1.08 bits per heavy atom. The smallest absolute Gasteiger partial charge is 0.352 e. The highest BCUT2D eigenvalue weighted by atomic mass is 19.4. The number of hydrogen-bond donors (Lipinski definition) is 1. The zero-order chi connectivity index (χ0) is 17.7. The highest BCUT2D eigenvalue weighted by molar-refractivity contribution is 5.94. The molecule has 2 aromatic carbocycles. The molecule has 0 saturated heterocycles. The van der Waals surface area contributed by atoms with Gasteiger partial charge in [-0.15, -0.1) is 0 Å². The van der Waals surface area contributed by atoms with Gasteiger partial charge in [0.25, 0.3) is 5.91 Å². The monoisotopic (exact) mass is 335 g/mol. The lowest BCUT2D eigenvalue weighted by atomic mass is 10.0. The number of carbonyl (C=O) groups excluding carboxylic acids is 1. The quantitative estimate of drug-likeness (QED) is 0.835. The van der Waals surface area contributed by atoms with Crippen molar-refractivity contribution >= 4 is 5.91 Å². The minimum atomic E-state index is -4.45. The lowest BCUT2D eigenvalue weighted by Gasteiger charge is -2.10. The zero-order valence-corrected chi connectivity index (χ0v) is 13.7. The molecule has 5 heteroatoms. The summed E-state index contributed by atoms with van der Waals surface area (Å²) in [5.74, 6) is -0.0421. The number of benzene rings is 2. The third kappa shape index (κ3) is 4.85. The van der Waals surface area contributed by atoms with Gasteiger partial charge in [0.2, 0.25) is 0 Å². The molecule has 0 aromatic heterocycles. The van der Waals surface area contributed by atoms with Crippen LogP contribution in [0.5, 0.6) is 0 Å². The molecule has 0 aliphatic rings. The summed E-state index contributed by atoms with van der Waals surface area (Å²) in [6, 6.07) is 12.5. The molecule has 0 saturated carbocycles. The van der Waals surface area contributed by atoms with Gasteiger partial charge in [-0.05, 0) is 41.7 Å². The van der Waals surface area contributed by atoms with E-state index in [1.165, 1.54) is 17.7 Å². The maximum absolute atomic E-state index is 12.7. The fraction of sp³-hybridized carbons (Fsp3) is 0.316. The Kier molecular flexibility index (Phi) is 5.65. The summed E-state index contributed by atoms with van der Waals surface area (Å²) in [4.78, 5) is 12.0. The fourth-order valence-corrected chi connectivity index (χ4v) is 2.33. The number of carbonyl (C=O) groups is 1. The molecule has 2 aromatic rings. The Bertz CT molecular complexity index is 691. The molecule has 1 N–H and O–H groups in total. The molecule has 0 radical (unpaired) electrons. The van der Waals surface area contributed by atoms with Gasteiger partial charge >= 0.3 is 6.18 Å². The summed E-state index contributed by atoms with van der Waals surface area (Å²) in [7, 11) is 0. The first-order chi connectivity index (χ1) is 11.3. The maximum Gasteiger partial charge on any atom is 0.416 e. The van der Waals surface area contributed by atoms with Crippen molar-refractivity contribution in [2.45, 2.75) is 32.4 Å². The van der Waals surface area contributed by atoms with Crippen molar-refractivity contribution in [3.63, 3.8) is 0 Å². The van der Waals surface area contributed by atoms with Gasteiger partial charge in [-0.1, -0.05) is 44.2 Å². The zero-order valence-electron chi connectivity index (χ0n) is 13.7. The summed E-state index contributed by atoms with van der Waals surface area (Å²) >= 11 is 0. The molecule has 0 bridgehead atoms. The molecule has 1 amide bonds. The van der Waals surface area contributed by atoms with Gasteiger partial charge in [-0.25, -0.2) is 0 Å². The SMILES string of the molecule is CC(C)c1ccc(CCNC(=O)c2cccc(C(F)(F)F)c2)cc1. The molecule has 2 nitrogen and oxygen atoms in total. The molecular weight excluding hydrogens is 315 g/mol. The number of amides is 1. The largest absolute Gasteiger partial charge is 0.416 e. The summed E-state index contributed by atoms with van der Waals surface area (Å²) < 4.78 is 38.0. The Labute approximate surface area is 139 Å². The van der Waals surface area contributed by atoms with Gasteiger partial charge in [0.15, 0.2) is 0 Å². The van der Waals surface area contributed by atoms with E-state index in [1.54, 1.807) is 0 Å². The molecule has 2 rings (SSSR count). The first-order valence-corrected chi connectivity index (χ1v) is 7.81. The van der Waals surface area contributed by atoms with E-state index in [1.807, 2.05) is 12.1 Å². The van der Waals surface area contributed by atoms with Gasteiger partial charge < -0.3 is 5.32 Å². The van der Waals surface area contributed by atoms with E-state index >= 15 is 0 Å². The van der Waals surface area contributed by atoms with Crippen molar-refractivity contribution < 1.29 is 18.0 Å². The predicted molar refractivity (Wildman–Crippen MR) is 88.0 cm³/mol. The van der Waals surface area contributed by atoms with Crippen LogP contribution in [0.1, 0.15) is 46.8 Å². The van der Waals surface area contributed by atoms with Crippen molar-refractivity contribution in [2.24, 2.45) is 0 Å². The lowest BCUT2D eigenvalue weighted by Crippen LogP contribution is -2.26. The Morgan fingerprint density at radius 3 is 2.33 bits per heavy atom. The molecule has 24 heavy (non-hydrogen) atoms. The molecule has 0 aliphatic carbocycles. The average molecular weight is 335 g/mol. The van der Waals surface area contributed by atoms with Gasteiger partial charge in [0, 0.05) is 12.1 Å². The molecule has 0 heterocycles. The van der Waals surface area contributed by atoms with Crippen LogP contribution in [-0.2, 0) is 12.6 Å². The van der Waals surface area contributed by atoms with Crippen LogP contribution in [0, 0.1) is 0 Å². The average Bonchev–Trinajstić information content (AvgIpc) is 2.54. The minimum Gasteiger partial charge on any atom is -0.352 e. The maximum atomic E-state index is 12.7. The second kappa shape index (κ2) is 7.51. The van der Waals surface area contributed by atoms with E-state index in [4.69, 9.17) is 0 Å². The Hall–Kier alpha value is -2.30. The number of hydrogen-bond acceptors (Lipinski definition) is 1. The standard InChI is InChI=1S/C19H20F3NO/c1-13(2)15-8-6-14(7-9-15)10-11-23-18(24)16-4-3-5-17(12-16)19(20,21)22/h3-9,12-13H,10-11H2,1-2H3,(H,23,24). The highest BCUT2D eigenvalue weighted by Crippen LogP contribution is 2.29. The van der Waals surface area contributed by atoms with Gasteiger partial charge in [0.1, 0.15) is 0 Å². The van der Waals surface area contributed by atoms with Gasteiger partial charge in [-0.3, -0.25) is 4.79 Å². The Morgan fingerprint density at radius 2 is 1.75 bits per heavy atom. The number of nitrogens with one attached hydrogen (secondary N) is 1. The molecular formula is C19H20F3NO. The normalized spacial score (nSPS) is 11.6. The van der Waals surface area contributed by atoms with Crippen LogP contribution in [0.25, 0.3) is 0 Å². The molecule has 0 fully saturated rings. The van der Waals surface area contributed by atoms with Crippen LogP contribution >= 0.6 is 0 Å². The topological polar surface area (TPSA) is 29.1 Å². The van der Waals surface area contributed by atoms with E-state index < -0.39 is 17.6 Å². The predicted octanol–water partition coefficient (Wildman–Crippen LogP) is 4.80. The first-order valence-electron chi connectivity index (χ1n) is 7.81. The van der Waals surface area contributed by atoms with Crippen molar-refractivity contribution in [3.05, 3.63) is 70.8 Å². The number of alkyl halides is 3. The summed E-state index contributed by atoms with van der Waals surface area (Å²) in [5.41, 5.74) is 1.51. The van der Waals surface area contributed by atoms with Crippen LogP contribution in [-0.4, -0.2) is 12.5 Å². The molecule has 0 atom stereocenters. The molecule has 0 aliphatic heterocycles. The first kappa shape index (κ1) is 18.0. The summed E-state index contributed by atoms with van der Waals surface area (Å²) in [5, 5.41) is 2.66. The fourth-order valence-electron chi connectivity index (χ4n) is 2.33. The molecule has 0 unspecified atom stereocenters. The minimum absolute atomic E-state index is 0.0139. The van der Waals surface area contributed by atoms with Crippen molar-refractivity contribution in [2.75, 3.05) is 6.54 Å². The number of rotatable bonds is 5. The van der Waals surface area contributed by atoms with Gasteiger partial charge in [0.05, 0.1) is 5.56 Å². The van der Waals surface area contributed by atoms with Gasteiger partial charge in [-0.2, -0.15) is 13.2 Å². The number of halogens is 3. The van der Waals surface area contributed by atoms with Crippen molar-refractivity contribution in [1.82, 2.24) is 5.32 Å². The summed E-state index contributed by atoms with van der Waals surface area (Å²) in [6.07, 6.45) is -3.82. The van der Waals surface area contributed by atoms with Crippen LogP contribution < -0.4 is 5.32 Å². The Balaban J connectivity index is 1.91. The summed E-state index contributed by atoms with van der Waals surface area (Å²) in [6.45, 7) is 4.60. The van der Waals surface area contributed by atoms with Crippen LogP contribution in [0.2, 0.25) is 0 Å². The van der Waals surface area contributed by atoms with Crippen molar-refractivity contribution in [3.8, 4) is 0 Å².